The predicted molar refractivity (Wildman–Crippen MR) is 120 cm³/mol. The molecule has 0 saturated heterocycles. The van der Waals surface area contributed by atoms with Crippen LogP contribution in [0.4, 0.5) is 4.39 Å². The number of benzene rings is 2. The van der Waals surface area contributed by atoms with E-state index in [1.165, 1.54) is 11.6 Å². The number of nitrogens with zero attached hydrogens (tertiary/aromatic N) is 2. The number of hydrogen-bond acceptors (Lipinski definition) is 3. The van der Waals surface area contributed by atoms with Crippen molar-refractivity contribution < 1.29 is 8.81 Å². The summed E-state index contributed by atoms with van der Waals surface area (Å²) in [7, 11) is 0. The first-order valence-electron chi connectivity index (χ1n) is 8.93. The van der Waals surface area contributed by atoms with Crippen molar-refractivity contribution in [3.8, 4) is 11.3 Å². The Labute approximate surface area is 181 Å². The van der Waals surface area contributed by atoms with E-state index in [0.29, 0.717) is 30.5 Å². The average Bonchev–Trinajstić information content (AvgIpc) is 3.15. The molecular weight excluding hydrogens is 470 g/mol. The molecule has 0 aliphatic rings. The van der Waals surface area contributed by atoms with Gasteiger partial charge >= 0.3 is 0 Å². The number of guanidine groups is 1. The minimum absolute atomic E-state index is 0. The summed E-state index contributed by atoms with van der Waals surface area (Å²) in [4.78, 5) is 8.73. The zero-order valence-corrected chi connectivity index (χ0v) is 18.2. The lowest BCUT2D eigenvalue weighted by molar-refractivity contribution is 0.497. The standard InChI is InChI=1S/C21H23FN4O.HI/c1-3-23-21(25-12-17-6-4-5-7-18(17)22)26-14-20-24-13-19(27-20)16-10-8-15(2)9-11-16;/h4-11,13H,3,12,14H2,1-2H3,(H2,23,25,26);1H. The molecule has 0 fully saturated rings. The van der Waals surface area contributed by atoms with Crippen LogP contribution in [0, 0.1) is 12.7 Å². The average molecular weight is 494 g/mol. The molecule has 0 unspecified atom stereocenters. The molecule has 1 aromatic heterocycles. The van der Waals surface area contributed by atoms with E-state index in [9.17, 15) is 4.39 Å². The van der Waals surface area contributed by atoms with Crippen molar-refractivity contribution in [3.05, 3.63) is 77.6 Å². The van der Waals surface area contributed by atoms with Gasteiger partial charge in [0.05, 0.1) is 19.3 Å². The first-order valence-corrected chi connectivity index (χ1v) is 8.93. The minimum Gasteiger partial charge on any atom is -0.439 e. The van der Waals surface area contributed by atoms with Crippen molar-refractivity contribution in [1.29, 1.82) is 0 Å². The van der Waals surface area contributed by atoms with Crippen LogP contribution in [-0.2, 0) is 13.1 Å². The predicted octanol–water partition coefficient (Wildman–Crippen LogP) is 4.66. The second kappa shape index (κ2) is 10.8. The molecule has 0 bridgehead atoms. The molecule has 3 aromatic rings. The normalized spacial score (nSPS) is 11.0. The molecule has 5 nitrogen and oxygen atoms in total. The molecule has 28 heavy (non-hydrogen) atoms. The van der Waals surface area contributed by atoms with Crippen molar-refractivity contribution in [2.24, 2.45) is 4.99 Å². The Kier molecular flexibility index (Phi) is 8.43. The van der Waals surface area contributed by atoms with Crippen molar-refractivity contribution in [2.45, 2.75) is 26.9 Å². The zero-order valence-electron chi connectivity index (χ0n) is 15.9. The summed E-state index contributed by atoms with van der Waals surface area (Å²) >= 11 is 0. The fourth-order valence-electron chi connectivity index (χ4n) is 2.54. The third-order valence-corrected chi connectivity index (χ3v) is 4.01. The summed E-state index contributed by atoms with van der Waals surface area (Å²) in [5.74, 6) is 1.60. The lowest BCUT2D eigenvalue weighted by Gasteiger charge is -2.10. The molecule has 0 radical (unpaired) electrons. The molecule has 0 atom stereocenters. The van der Waals surface area contributed by atoms with Gasteiger partial charge in [-0.1, -0.05) is 48.0 Å². The van der Waals surface area contributed by atoms with Gasteiger partial charge in [-0.15, -0.1) is 24.0 Å². The van der Waals surface area contributed by atoms with Gasteiger partial charge in [-0.2, -0.15) is 0 Å². The minimum atomic E-state index is -0.257. The van der Waals surface area contributed by atoms with Gasteiger partial charge in [0.2, 0.25) is 5.89 Å². The number of nitrogens with one attached hydrogen (secondary N) is 2. The number of rotatable bonds is 6. The summed E-state index contributed by atoms with van der Waals surface area (Å²) in [6, 6.07) is 14.7. The van der Waals surface area contributed by atoms with Crippen LogP contribution in [0.1, 0.15) is 23.9 Å². The van der Waals surface area contributed by atoms with Gasteiger partial charge in [0.15, 0.2) is 11.7 Å². The van der Waals surface area contributed by atoms with E-state index in [0.717, 1.165) is 11.3 Å². The summed E-state index contributed by atoms with van der Waals surface area (Å²) in [5.41, 5.74) is 2.73. The van der Waals surface area contributed by atoms with Crippen molar-refractivity contribution >= 4 is 29.9 Å². The van der Waals surface area contributed by atoms with Crippen molar-refractivity contribution in [3.63, 3.8) is 0 Å². The molecule has 1 heterocycles. The second-order valence-corrected chi connectivity index (χ2v) is 6.12. The third kappa shape index (κ3) is 6.05. The molecule has 2 aromatic carbocycles. The van der Waals surface area contributed by atoms with E-state index in [2.05, 4.69) is 20.6 Å². The Hall–Kier alpha value is -2.42. The van der Waals surface area contributed by atoms with Crippen LogP contribution in [0.3, 0.4) is 0 Å². The maximum Gasteiger partial charge on any atom is 0.214 e. The fourth-order valence-corrected chi connectivity index (χ4v) is 2.54. The number of oxazole rings is 1. The quantitative estimate of drug-likeness (QED) is 0.297. The third-order valence-electron chi connectivity index (χ3n) is 4.01. The molecule has 0 aliphatic heterocycles. The zero-order chi connectivity index (χ0) is 19.1. The fraction of sp³-hybridized carbons (Fsp3) is 0.238. The van der Waals surface area contributed by atoms with E-state index in [-0.39, 0.29) is 36.3 Å². The highest BCUT2D eigenvalue weighted by Crippen LogP contribution is 2.20. The van der Waals surface area contributed by atoms with Crippen LogP contribution >= 0.6 is 24.0 Å². The van der Waals surface area contributed by atoms with E-state index in [1.54, 1.807) is 24.4 Å². The van der Waals surface area contributed by atoms with Crippen LogP contribution in [0.25, 0.3) is 11.3 Å². The molecule has 0 saturated carbocycles. The summed E-state index contributed by atoms with van der Waals surface area (Å²) < 4.78 is 19.5. The van der Waals surface area contributed by atoms with E-state index < -0.39 is 0 Å². The molecule has 0 spiro atoms. The van der Waals surface area contributed by atoms with E-state index >= 15 is 0 Å². The molecule has 2 N–H and O–H groups in total. The maximum absolute atomic E-state index is 13.7. The molecule has 7 heteroatoms. The molecule has 148 valence electrons. The molecular formula is C21H24FIN4O. The van der Waals surface area contributed by atoms with Crippen LogP contribution in [0.2, 0.25) is 0 Å². The van der Waals surface area contributed by atoms with Crippen LogP contribution in [-0.4, -0.2) is 17.5 Å². The first kappa shape index (κ1) is 21.9. The maximum atomic E-state index is 13.7. The van der Waals surface area contributed by atoms with Gasteiger partial charge in [-0.3, -0.25) is 0 Å². The van der Waals surface area contributed by atoms with Crippen LogP contribution in [0.15, 0.2) is 64.1 Å². The van der Waals surface area contributed by atoms with Gasteiger partial charge in [0.1, 0.15) is 5.82 Å². The van der Waals surface area contributed by atoms with Crippen LogP contribution < -0.4 is 10.6 Å². The lowest BCUT2D eigenvalue weighted by Crippen LogP contribution is -2.36. The van der Waals surface area contributed by atoms with Gasteiger partial charge in [-0.05, 0) is 19.9 Å². The van der Waals surface area contributed by atoms with Crippen molar-refractivity contribution in [1.82, 2.24) is 15.6 Å². The summed E-state index contributed by atoms with van der Waals surface area (Å²) in [6.45, 7) is 5.35. The monoisotopic (exact) mass is 494 g/mol. The lowest BCUT2D eigenvalue weighted by atomic mass is 10.1. The topological polar surface area (TPSA) is 62.5 Å². The Balaban J connectivity index is 0.00000280. The van der Waals surface area contributed by atoms with Crippen molar-refractivity contribution in [2.75, 3.05) is 6.54 Å². The number of aryl methyl sites for hydroxylation is 1. The first-order chi connectivity index (χ1) is 13.2. The number of halogens is 2. The van der Waals surface area contributed by atoms with Gasteiger partial charge in [0, 0.05) is 17.7 Å². The van der Waals surface area contributed by atoms with Gasteiger partial charge in [-0.25, -0.2) is 14.4 Å². The Bertz CT molecular complexity index is 909. The number of aromatic nitrogens is 1. The molecule has 0 amide bonds. The Morgan fingerprint density at radius 2 is 1.86 bits per heavy atom. The Morgan fingerprint density at radius 3 is 2.57 bits per heavy atom. The number of hydrogen-bond donors (Lipinski definition) is 2. The van der Waals surface area contributed by atoms with E-state index in [1.807, 2.05) is 38.1 Å². The molecule has 3 rings (SSSR count). The van der Waals surface area contributed by atoms with Crippen LogP contribution in [0.5, 0.6) is 0 Å². The largest absolute Gasteiger partial charge is 0.439 e. The van der Waals surface area contributed by atoms with Gasteiger partial charge in [0.25, 0.3) is 0 Å². The Morgan fingerprint density at radius 1 is 1.11 bits per heavy atom. The molecule has 0 aliphatic carbocycles. The smallest absolute Gasteiger partial charge is 0.214 e. The highest BCUT2D eigenvalue weighted by atomic mass is 127. The number of aliphatic imine (C=N–C) groups is 1. The van der Waals surface area contributed by atoms with Gasteiger partial charge < -0.3 is 15.1 Å². The second-order valence-electron chi connectivity index (χ2n) is 6.12. The van der Waals surface area contributed by atoms with E-state index in [4.69, 9.17) is 4.42 Å². The summed E-state index contributed by atoms with van der Waals surface area (Å²) in [5, 5.41) is 6.30. The highest BCUT2D eigenvalue weighted by Gasteiger charge is 2.07. The SMILES string of the molecule is CCNC(=NCc1ccccc1F)NCc1ncc(-c2ccc(C)cc2)o1.I. The highest BCUT2D eigenvalue weighted by molar-refractivity contribution is 14.0. The summed E-state index contributed by atoms with van der Waals surface area (Å²) in [6.07, 6.45) is 1.71.